The number of rotatable bonds is 5. The molecule has 114 valence electrons. The van der Waals surface area contributed by atoms with Crippen LogP contribution in [0.3, 0.4) is 0 Å². The molecule has 5 heteroatoms. The van der Waals surface area contributed by atoms with E-state index in [-0.39, 0.29) is 13.0 Å². The summed E-state index contributed by atoms with van der Waals surface area (Å²) in [7, 11) is 0. The van der Waals surface area contributed by atoms with E-state index in [0.29, 0.717) is 11.8 Å². The number of alkyl halides is 3. The van der Waals surface area contributed by atoms with Crippen LogP contribution in [0.2, 0.25) is 0 Å². The standard InChI is InChI=1S/C14H27F3N2/c1-13(2,3)6-7-18-8-10-19-9-4-5-12(11-19)14(15,16)17/h12,18H,4-11H2,1-3H3. The normalized spacial score (nSPS) is 22.7. The average Bonchev–Trinajstić information content (AvgIpc) is 2.26. The largest absolute Gasteiger partial charge is 0.393 e. The van der Waals surface area contributed by atoms with E-state index in [2.05, 4.69) is 26.1 Å². The number of piperidine rings is 1. The van der Waals surface area contributed by atoms with Crippen molar-refractivity contribution in [2.24, 2.45) is 11.3 Å². The summed E-state index contributed by atoms with van der Waals surface area (Å²) < 4.78 is 37.9. The van der Waals surface area contributed by atoms with Gasteiger partial charge in [-0.25, -0.2) is 0 Å². The first kappa shape index (κ1) is 16.8. The zero-order valence-electron chi connectivity index (χ0n) is 12.3. The van der Waals surface area contributed by atoms with Crippen molar-refractivity contribution >= 4 is 0 Å². The van der Waals surface area contributed by atoms with E-state index in [0.717, 1.165) is 32.6 Å². The van der Waals surface area contributed by atoms with Crippen LogP contribution >= 0.6 is 0 Å². The lowest BCUT2D eigenvalue weighted by Gasteiger charge is -2.33. The first-order valence-electron chi connectivity index (χ1n) is 7.18. The Morgan fingerprint density at radius 3 is 2.42 bits per heavy atom. The highest BCUT2D eigenvalue weighted by molar-refractivity contribution is 4.78. The van der Waals surface area contributed by atoms with Gasteiger partial charge in [0.05, 0.1) is 5.92 Å². The SMILES string of the molecule is CC(C)(C)CCNCCN1CCCC(C(F)(F)F)C1. The minimum absolute atomic E-state index is 0.171. The van der Waals surface area contributed by atoms with Gasteiger partial charge in [0.2, 0.25) is 0 Å². The maximum Gasteiger partial charge on any atom is 0.393 e. The second-order valence-corrected chi connectivity index (χ2v) is 6.74. The molecule has 1 aliphatic rings. The van der Waals surface area contributed by atoms with E-state index in [1.165, 1.54) is 0 Å². The van der Waals surface area contributed by atoms with Gasteiger partial charge in [0.15, 0.2) is 0 Å². The van der Waals surface area contributed by atoms with Gasteiger partial charge >= 0.3 is 6.18 Å². The number of nitrogens with one attached hydrogen (secondary N) is 1. The summed E-state index contributed by atoms with van der Waals surface area (Å²) in [6, 6.07) is 0. The van der Waals surface area contributed by atoms with Gasteiger partial charge in [-0.2, -0.15) is 13.2 Å². The van der Waals surface area contributed by atoms with Crippen LogP contribution < -0.4 is 5.32 Å². The fourth-order valence-corrected chi connectivity index (χ4v) is 2.35. The third-order valence-corrected chi connectivity index (χ3v) is 3.63. The zero-order valence-corrected chi connectivity index (χ0v) is 12.3. The Hall–Kier alpha value is -0.290. The van der Waals surface area contributed by atoms with Crippen molar-refractivity contribution in [3.05, 3.63) is 0 Å². The van der Waals surface area contributed by atoms with Gasteiger partial charge < -0.3 is 10.2 Å². The first-order chi connectivity index (χ1) is 8.68. The average molecular weight is 280 g/mol. The fraction of sp³-hybridized carbons (Fsp3) is 1.00. The van der Waals surface area contributed by atoms with Gasteiger partial charge in [-0.3, -0.25) is 0 Å². The van der Waals surface area contributed by atoms with Crippen LogP contribution in [0.1, 0.15) is 40.0 Å². The van der Waals surface area contributed by atoms with Gasteiger partial charge in [-0.15, -0.1) is 0 Å². The molecule has 0 radical (unpaired) electrons. The number of halogens is 3. The van der Waals surface area contributed by atoms with Crippen LogP contribution in [0.5, 0.6) is 0 Å². The predicted molar refractivity (Wildman–Crippen MR) is 72.2 cm³/mol. The summed E-state index contributed by atoms with van der Waals surface area (Å²) >= 11 is 0. The third-order valence-electron chi connectivity index (χ3n) is 3.63. The monoisotopic (exact) mass is 280 g/mol. The topological polar surface area (TPSA) is 15.3 Å². The summed E-state index contributed by atoms with van der Waals surface area (Å²) in [6.45, 7) is 9.96. The molecule has 0 amide bonds. The molecule has 0 bridgehead atoms. The quantitative estimate of drug-likeness (QED) is 0.777. The fourth-order valence-electron chi connectivity index (χ4n) is 2.35. The molecule has 19 heavy (non-hydrogen) atoms. The Labute approximate surface area is 114 Å². The first-order valence-corrected chi connectivity index (χ1v) is 7.18. The summed E-state index contributed by atoms with van der Waals surface area (Å²) in [5.74, 6) is -1.13. The van der Waals surface area contributed by atoms with Gasteiger partial charge in [-0.05, 0) is 37.8 Å². The van der Waals surface area contributed by atoms with E-state index in [1.54, 1.807) is 0 Å². The van der Waals surface area contributed by atoms with Crippen molar-refractivity contribution in [2.75, 3.05) is 32.7 Å². The predicted octanol–water partition coefficient (Wildman–Crippen LogP) is 3.29. The van der Waals surface area contributed by atoms with Crippen molar-refractivity contribution in [3.63, 3.8) is 0 Å². The van der Waals surface area contributed by atoms with E-state index < -0.39 is 12.1 Å². The maximum atomic E-state index is 12.6. The van der Waals surface area contributed by atoms with E-state index in [9.17, 15) is 13.2 Å². The van der Waals surface area contributed by atoms with Crippen LogP contribution in [0, 0.1) is 11.3 Å². The Morgan fingerprint density at radius 1 is 1.16 bits per heavy atom. The molecule has 0 aliphatic carbocycles. The van der Waals surface area contributed by atoms with Crippen LogP contribution in [-0.2, 0) is 0 Å². The van der Waals surface area contributed by atoms with Crippen molar-refractivity contribution < 1.29 is 13.2 Å². The maximum absolute atomic E-state index is 12.6. The summed E-state index contributed by atoms with van der Waals surface area (Å²) in [4.78, 5) is 1.94. The lowest BCUT2D eigenvalue weighted by atomic mass is 9.92. The summed E-state index contributed by atoms with van der Waals surface area (Å²) in [5.41, 5.74) is 0.305. The molecule has 0 aromatic carbocycles. The molecule has 0 saturated carbocycles. The molecule has 1 saturated heterocycles. The van der Waals surface area contributed by atoms with Gasteiger partial charge in [0.25, 0.3) is 0 Å². The van der Waals surface area contributed by atoms with Crippen molar-refractivity contribution in [1.29, 1.82) is 0 Å². The molecule has 1 unspecified atom stereocenters. The van der Waals surface area contributed by atoms with Crippen molar-refractivity contribution in [3.8, 4) is 0 Å². The molecule has 1 rings (SSSR count). The summed E-state index contributed by atoms with van der Waals surface area (Å²) in [5, 5.41) is 3.32. The highest BCUT2D eigenvalue weighted by Gasteiger charge is 2.41. The molecule has 1 atom stereocenters. The zero-order chi connectivity index (χ0) is 14.5. The van der Waals surface area contributed by atoms with Crippen LogP contribution in [0.25, 0.3) is 0 Å². The number of nitrogens with zero attached hydrogens (tertiary/aromatic N) is 1. The summed E-state index contributed by atoms with van der Waals surface area (Å²) in [6.07, 6.45) is -2.00. The lowest BCUT2D eigenvalue weighted by molar-refractivity contribution is -0.186. The minimum Gasteiger partial charge on any atom is -0.315 e. The number of likely N-dealkylation sites (tertiary alicyclic amines) is 1. The highest BCUT2D eigenvalue weighted by atomic mass is 19.4. The molecule has 2 nitrogen and oxygen atoms in total. The van der Waals surface area contributed by atoms with Crippen LogP contribution in [0.4, 0.5) is 13.2 Å². The van der Waals surface area contributed by atoms with E-state index >= 15 is 0 Å². The molecule has 1 fully saturated rings. The van der Waals surface area contributed by atoms with Crippen LogP contribution in [-0.4, -0.2) is 43.8 Å². The number of hydrogen-bond acceptors (Lipinski definition) is 2. The molecule has 0 aromatic rings. The van der Waals surface area contributed by atoms with Gasteiger partial charge in [0, 0.05) is 19.6 Å². The lowest BCUT2D eigenvalue weighted by Crippen LogP contribution is -2.44. The second-order valence-electron chi connectivity index (χ2n) is 6.74. The second kappa shape index (κ2) is 6.93. The molecular weight excluding hydrogens is 253 g/mol. The Morgan fingerprint density at radius 2 is 1.84 bits per heavy atom. The van der Waals surface area contributed by atoms with E-state index in [1.807, 2.05) is 4.90 Å². The van der Waals surface area contributed by atoms with Crippen molar-refractivity contribution in [1.82, 2.24) is 10.2 Å². The highest BCUT2D eigenvalue weighted by Crippen LogP contribution is 2.32. The van der Waals surface area contributed by atoms with Gasteiger partial charge in [0.1, 0.15) is 0 Å². The van der Waals surface area contributed by atoms with E-state index in [4.69, 9.17) is 0 Å². The minimum atomic E-state index is -4.03. The Kier molecular flexibility index (Phi) is 6.12. The molecule has 1 heterocycles. The Balaban J connectivity index is 2.16. The molecule has 0 aromatic heterocycles. The smallest absolute Gasteiger partial charge is 0.315 e. The molecule has 1 N–H and O–H groups in total. The van der Waals surface area contributed by atoms with Gasteiger partial charge in [-0.1, -0.05) is 20.8 Å². The Bertz CT molecular complexity index is 258. The van der Waals surface area contributed by atoms with Crippen LogP contribution in [0.15, 0.2) is 0 Å². The molecule has 0 spiro atoms. The third kappa shape index (κ3) is 7.16. The molecule has 1 aliphatic heterocycles. The molecular formula is C14H27F3N2. The van der Waals surface area contributed by atoms with Crippen molar-refractivity contribution in [2.45, 2.75) is 46.2 Å². The number of hydrogen-bond donors (Lipinski definition) is 1.